The molecular formula is C25H21NO3. The van der Waals surface area contributed by atoms with Crippen LogP contribution in [0.2, 0.25) is 0 Å². The fourth-order valence-corrected chi connectivity index (χ4v) is 3.48. The lowest BCUT2D eigenvalue weighted by atomic mass is 10.1. The largest absolute Gasteiger partial charge is 0.495 e. The molecule has 144 valence electrons. The number of para-hydroxylation sites is 1. The van der Waals surface area contributed by atoms with Crippen molar-refractivity contribution < 1.29 is 14.3 Å². The molecule has 1 aliphatic rings. The van der Waals surface area contributed by atoms with Gasteiger partial charge in [0.25, 0.3) is 5.91 Å². The Balaban J connectivity index is 1.63. The summed E-state index contributed by atoms with van der Waals surface area (Å²) in [6, 6.07) is 21.1. The number of nitrogens with zero attached hydrogens (tertiary/aromatic N) is 1. The van der Waals surface area contributed by atoms with E-state index in [0.29, 0.717) is 35.7 Å². The van der Waals surface area contributed by atoms with Crippen molar-refractivity contribution in [3.63, 3.8) is 0 Å². The third-order valence-corrected chi connectivity index (χ3v) is 5.01. The average Bonchev–Trinajstić information content (AvgIpc) is 3.21. The summed E-state index contributed by atoms with van der Waals surface area (Å²) in [7, 11) is 3.22. The summed E-state index contributed by atoms with van der Waals surface area (Å²) in [6.45, 7) is 1.26. The monoisotopic (exact) mass is 383 g/mol. The number of hydrogen-bond acceptors (Lipinski definition) is 3. The molecule has 4 heteroatoms. The molecular weight excluding hydrogens is 362 g/mol. The van der Waals surface area contributed by atoms with Crippen molar-refractivity contribution >= 4 is 5.91 Å². The van der Waals surface area contributed by atoms with Gasteiger partial charge in [-0.05, 0) is 41.5 Å². The van der Waals surface area contributed by atoms with Crippen molar-refractivity contribution in [3.8, 4) is 23.3 Å². The molecule has 0 radical (unpaired) electrons. The van der Waals surface area contributed by atoms with Gasteiger partial charge in [-0.3, -0.25) is 4.79 Å². The number of ether oxygens (including phenoxy) is 2. The molecule has 0 fully saturated rings. The smallest absolute Gasteiger partial charge is 0.254 e. The SMILES string of the molecule is COc1ccccc1C#Cc1cc(C(=O)N2Cc3ccccc3C2)ccc1OC. The summed E-state index contributed by atoms with van der Waals surface area (Å²) in [5, 5.41) is 0. The molecule has 0 unspecified atom stereocenters. The van der Waals surface area contributed by atoms with Crippen LogP contribution in [-0.4, -0.2) is 25.0 Å². The molecule has 0 atom stereocenters. The Morgan fingerprint density at radius 1 is 0.793 bits per heavy atom. The first-order valence-corrected chi connectivity index (χ1v) is 9.38. The van der Waals surface area contributed by atoms with E-state index in [2.05, 4.69) is 24.0 Å². The minimum absolute atomic E-state index is 0.0100. The van der Waals surface area contributed by atoms with E-state index in [1.807, 2.05) is 41.3 Å². The summed E-state index contributed by atoms with van der Waals surface area (Å²) in [4.78, 5) is 14.9. The van der Waals surface area contributed by atoms with Crippen molar-refractivity contribution in [2.75, 3.05) is 14.2 Å². The van der Waals surface area contributed by atoms with E-state index in [4.69, 9.17) is 9.47 Å². The second-order valence-electron chi connectivity index (χ2n) is 6.80. The Bertz CT molecular complexity index is 1100. The van der Waals surface area contributed by atoms with E-state index in [0.717, 1.165) is 5.56 Å². The van der Waals surface area contributed by atoms with Crippen molar-refractivity contribution in [2.24, 2.45) is 0 Å². The van der Waals surface area contributed by atoms with Crippen LogP contribution in [-0.2, 0) is 13.1 Å². The Hall–Kier alpha value is -3.71. The number of carbonyl (C=O) groups excluding carboxylic acids is 1. The summed E-state index contributed by atoms with van der Waals surface area (Å²) in [5.41, 5.74) is 4.45. The Kier molecular flexibility index (Phi) is 5.22. The van der Waals surface area contributed by atoms with Crippen LogP contribution in [0.1, 0.15) is 32.6 Å². The molecule has 29 heavy (non-hydrogen) atoms. The lowest BCUT2D eigenvalue weighted by Gasteiger charge is -2.16. The topological polar surface area (TPSA) is 38.8 Å². The molecule has 4 nitrogen and oxygen atoms in total. The molecule has 0 aliphatic carbocycles. The molecule has 1 amide bonds. The highest BCUT2D eigenvalue weighted by Crippen LogP contribution is 2.26. The number of hydrogen-bond donors (Lipinski definition) is 0. The van der Waals surface area contributed by atoms with Crippen LogP contribution in [0.3, 0.4) is 0 Å². The minimum atomic E-state index is -0.0100. The zero-order chi connectivity index (χ0) is 20.2. The zero-order valence-electron chi connectivity index (χ0n) is 16.4. The zero-order valence-corrected chi connectivity index (χ0v) is 16.4. The standard InChI is InChI=1S/C25H21NO3/c1-28-23-10-6-5-7-18(23)11-12-19-15-20(13-14-24(19)29-2)25(27)26-16-21-8-3-4-9-22(21)17-26/h3-10,13-15H,16-17H2,1-2H3. The first kappa shape index (κ1) is 18.6. The normalized spacial score (nSPS) is 12.0. The van der Waals surface area contributed by atoms with E-state index in [-0.39, 0.29) is 5.91 Å². The number of fused-ring (bicyclic) bond motifs is 1. The molecule has 3 aromatic rings. The van der Waals surface area contributed by atoms with Crippen LogP contribution in [0.4, 0.5) is 0 Å². The Morgan fingerprint density at radius 2 is 1.38 bits per heavy atom. The van der Waals surface area contributed by atoms with Crippen molar-refractivity contribution in [2.45, 2.75) is 13.1 Å². The van der Waals surface area contributed by atoms with Crippen molar-refractivity contribution in [1.29, 1.82) is 0 Å². The highest BCUT2D eigenvalue weighted by Gasteiger charge is 2.24. The quantitative estimate of drug-likeness (QED) is 0.635. The summed E-state index contributed by atoms with van der Waals surface area (Å²) >= 11 is 0. The van der Waals surface area contributed by atoms with E-state index in [1.165, 1.54) is 11.1 Å². The summed E-state index contributed by atoms with van der Waals surface area (Å²) in [6.07, 6.45) is 0. The van der Waals surface area contributed by atoms with Gasteiger partial charge >= 0.3 is 0 Å². The lowest BCUT2D eigenvalue weighted by Crippen LogP contribution is -2.25. The van der Waals surface area contributed by atoms with Gasteiger partial charge in [0.2, 0.25) is 0 Å². The predicted molar refractivity (Wildman–Crippen MR) is 112 cm³/mol. The fraction of sp³-hybridized carbons (Fsp3) is 0.160. The second-order valence-corrected chi connectivity index (χ2v) is 6.80. The van der Waals surface area contributed by atoms with Gasteiger partial charge < -0.3 is 14.4 Å². The van der Waals surface area contributed by atoms with Crippen LogP contribution in [0.25, 0.3) is 0 Å². The predicted octanol–water partition coefficient (Wildman–Crippen LogP) is 4.26. The second kappa shape index (κ2) is 8.12. The third kappa shape index (κ3) is 3.81. The number of carbonyl (C=O) groups is 1. The average molecular weight is 383 g/mol. The van der Waals surface area contributed by atoms with Crippen molar-refractivity contribution in [3.05, 3.63) is 94.5 Å². The molecule has 0 aromatic heterocycles. The van der Waals surface area contributed by atoms with E-state index in [9.17, 15) is 4.79 Å². The first-order valence-electron chi connectivity index (χ1n) is 9.38. The van der Waals surface area contributed by atoms with Crippen LogP contribution in [0, 0.1) is 11.8 Å². The molecule has 3 aromatic carbocycles. The van der Waals surface area contributed by atoms with E-state index in [1.54, 1.807) is 32.4 Å². The van der Waals surface area contributed by atoms with E-state index >= 15 is 0 Å². The van der Waals surface area contributed by atoms with Gasteiger partial charge in [-0.25, -0.2) is 0 Å². The molecule has 1 aliphatic heterocycles. The molecule has 0 N–H and O–H groups in total. The van der Waals surface area contributed by atoms with E-state index < -0.39 is 0 Å². The molecule has 1 heterocycles. The summed E-state index contributed by atoms with van der Waals surface area (Å²) < 4.78 is 10.8. The van der Waals surface area contributed by atoms with Gasteiger partial charge in [-0.15, -0.1) is 0 Å². The van der Waals surface area contributed by atoms with Gasteiger partial charge in [-0.1, -0.05) is 48.2 Å². The maximum Gasteiger partial charge on any atom is 0.254 e. The van der Waals surface area contributed by atoms with Gasteiger partial charge in [0.05, 0.1) is 25.3 Å². The number of methoxy groups -OCH3 is 2. The van der Waals surface area contributed by atoms with Gasteiger partial charge in [0.15, 0.2) is 0 Å². The Morgan fingerprint density at radius 3 is 2.07 bits per heavy atom. The van der Waals surface area contributed by atoms with Crippen molar-refractivity contribution in [1.82, 2.24) is 4.90 Å². The molecule has 0 spiro atoms. The molecule has 4 rings (SSSR count). The maximum absolute atomic E-state index is 13.1. The molecule has 0 saturated carbocycles. The lowest BCUT2D eigenvalue weighted by molar-refractivity contribution is 0.0751. The summed E-state index contributed by atoms with van der Waals surface area (Å²) in [5.74, 6) is 7.59. The van der Waals surface area contributed by atoms with Crippen LogP contribution in [0.5, 0.6) is 11.5 Å². The van der Waals surface area contributed by atoms with Gasteiger partial charge in [0, 0.05) is 18.7 Å². The minimum Gasteiger partial charge on any atom is -0.495 e. The highest BCUT2D eigenvalue weighted by atomic mass is 16.5. The maximum atomic E-state index is 13.1. The Labute approximate surface area is 170 Å². The van der Waals surface area contributed by atoms with Gasteiger partial charge in [0.1, 0.15) is 11.5 Å². The fourth-order valence-electron chi connectivity index (χ4n) is 3.48. The third-order valence-electron chi connectivity index (χ3n) is 5.01. The number of amides is 1. The molecule has 0 saturated heterocycles. The first-order chi connectivity index (χ1) is 14.2. The van der Waals surface area contributed by atoms with Crippen LogP contribution < -0.4 is 9.47 Å². The number of rotatable bonds is 3. The van der Waals surface area contributed by atoms with Crippen LogP contribution in [0.15, 0.2) is 66.7 Å². The number of benzene rings is 3. The molecule has 0 bridgehead atoms. The van der Waals surface area contributed by atoms with Gasteiger partial charge in [-0.2, -0.15) is 0 Å². The highest BCUT2D eigenvalue weighted by molar-refractivity contribution is 5.95. The van der Waals surface area contributed by atoms with Crippen LogP contribution >= 0.6 is 0 Å².